The molecule has 1 N–H and O–H groups in total. The maximum Gasteiger partial charge on any atom is 0.138 e. The van der Waals surface area contributed by atoms with E-state index in [1.807, 2.05) is 12.1 Å². The van der Waals surface area contributed by atoms with Crippen LogP contribution in [0.3, 0.4) is 0 Å². The minimum absolute atomic E-state index is 0.172. The van der Waals surface area contributed by atoms with Gasteiger partial charge < -0.3 is 9.84 Å². The highest BCUT2D eigenvalue weighted by atomic mass is 16.5. The van der Waals surface area contributed by atoms with Crippen LogP contribution in [0.25, 0.3) is 0 Å². The van der Waals surface area contributed by atoms with Gasteiger partial charge in [0.05, 0.1) is 12.3 Å². The Hall–Kier alpha value is -1.91. The third kappa shape index (κ3) is 4.30. The zero-order valence-corrected chi connectivity index (χ0v) is 13.8. The first-order valence-corrected chi connectivity index (χ1v) is 8.15. The summed E-state index contributed by atoms with van der Waals surface area (Å²) in [5.74, 6) is 0.814. The van der Waals surface area contributed by atoms with Crippen LogP contribution in [0.1, 0.15) is 29.2 Å². The van der Waals surface area contributed by atoms with E-state index in [1.54, 1.807) is 12.4 Å². The number of aryl methyl sites for hydroxylation is 2. The monoisotopic (exact) mass is 312 g/mol. The molecule has 0 spiro atoms. The van der Waals surface area contributed by atoms with Gasteiger partial charge in [-0.3, -0.25) is 9.88 Å². The van der Waals surface area contributed by atoms with Crippen LogP contribution in [0.2, 0.25) is 0 Å². The van der Waals surface area contributed by atoms with Crippen molar-refractivity contribution in [3.8, 4) is 5.75 Å². The van der Waals surface area contributed by atoms with Crippen molar-refractivity contribution in [2.45, 2.75) is 32.5 Å². The molecule has 4 nitrogen and oxygen atoms in total. The second-order valence-electron chi connectivity index (χ2n) is 6.41. The molecular weight excluding hydrogens is 288 g/mol. The van der Waals surface area contributed by atoms with Crippen LogP contribution in [0.5, 0.6) is 5.75 Å². The van der Waals surface area contributed by atoms with Gasteiger partial charge in [0, 0.05) is 25.8 Å². The van der Waals surface area contributed by atoms with E-state index in [0.717, 1.165) is 30.8 Å². The van der Waals surface area contributed by atoms with E-state index >= 15 is 0 Å². The molecule has 1 saturated heterocycles. The van der Waals surface area contributed by atoms with Crippen molar-refractivity contribution >= 4 is 0 Å². The van der Waals surface area contributed by atoms with Crippen molar-refractivity contribution < 1.29 is 9.84 Å². The van der Waals surface area contributed by atoms with Gasteiger partial charge in [0.1, 0.15) is 11.9 Å². The number of hydrogen-bond donors (Lipinski definition) is 1. The van der Waals surface area contributed by atoms with Crippen molar-refractivity contribution in [3.63, 3.8) is 0 Å². The maximum absolute atomic E-state index is 10.5. The number of hydrogen-bond acceptors (Lipinski definition) is 4. The quantitative estimate of drug-likeness (QED) is 0.922. The highest BCUT2D eigenvalue weighted by molar-refractivity contribution is 5.30. The molecule has 2 atom stereocenters. The summed E-state index contributed by atoms with van der Waals surface area (Å²) < 4.78 is 5.95. The topological polar surface area (TPSA) is 45.6 Å². The van der Waals surface area contributed by atoms with E-state index < -0.39 is 6.10 Å². The number of aliphatic hydroxyl groups is 1. The smallest absolute Gasteiger partial charge is 0.138 e. The van der Waals surface area contributed by atoms with Crippen molar-refractivity contribution in [3.05, 3.63) is 59.4 Å². The summed E-state index contributed by atoms with van der Waals surface area (Å²) in [5.41, 5.74) is 3.38. The van der Waals surface area contributed by atoms with Crippen molar-refractivity contribution in [1.29, 1.82) is 0 Å². The van der Waals surface area contributed by atoms with Crippen LogP contribution < -0.4 is 4.74 Å². The molecule has 0 bridgehead atoms. The standard InChI is InChI=1S/C19H24N2O2/c1-14-8-15(2)10-16(9-14)19(22)13-21-7-5-18(12-21)23-17-4-3-6-20-11-17/h3-4,6,8-11,18-19,22H,5,7,12-13H2,1-2H3. The summed E-state index contributed by atoms with van der Waals surface area (Å²) in [6.45, 7) is 6.58. The minimum atomic E-state index is -0.453. The molecule has 1 aromatic carbocycles. The molecule has 23 heavy (non-hydrogen) atoms. The highest BCUT2D eigenvalue weighted by Crippen LogP contribution is 2.22. The predicted octanol–water partition coefficient (Wildman–Crippen LogP) is 2.89. The van der Waals surface area contributed by atoms with E-state index in [1.165, 1.54) is 11.1 Å². The molecule has 1 fully saturated rings. The van der Waals surface area contributed by atoms with Crippen LogP contribution in [0.15, 0.2) is 42.7 Å². The van der Waals surface area contributed by atoms with E-state index in [0.29, 0.717) is 6.54 Å². The summed E-state index contributed by atoms with van der Waals surface area (Å²) in [6, 6.07) is 10.1. The second kappa shape index (κ2) is 7.11. The lowest BCUT2D eigenvalue weighted by molar-refractivity contribution is 0.117. The first-order chi connectivity index (χ1) is 11.1. The Morgan fingerprint density at radius 1 is 1.30 bits per heavy atom. The SMILES string of the molecule is Cc1cc(C)cc(C(O)CN2CCC(Oc3cccnc3)C2)c1. The van der Waals surface area contributed by atoms with E-state index in [-0.39, 0.29) is 6.10 Å². The number of β-amino-alcohol motifs (C(OH)–C–C–N with tert-alkyl or cyclic N) is 1. The first kappa shape index (κ1) is 16.0. The van der Waals surface area contributed by atoms with Crippen LogP contribution in [0.4, 0.5) is 0 Å². The number of ether oxygens (including phenoxy) is 1. The number of aliphatic hydroxyl groups excluding tert-OH is 1. The van der Waals surface area contributed by atoms with Gasteiger partial charge in [-0.1, -0.05) is 29.3 Å². The second-order valence-corrected chi connectivity index (χ2v) is 6.41. The number of nitrogens with zero attached hydrogens (tertiary/aromatic N) is 2. The summed E-state index contributed by atoms with van der Waals surface area (Å²) in [6.07, 6.45) is 4.19. The van der Waals surface area contributed by atoms with Crippen LogP contribution in [-0.2, 0) is 0 Å². The molecule has 1 aliphatic rings. The lowest BCUT2D eigenvalue weighted by Gasteiger charge is -2.21. The zero-order chi connectivity index (χ0) is 16.2. The number of likely N-dealkylation sites (tertiary alicyclic amines) is 1. The van der Waals surface area contributed by atoms with Gasteiger partial charge in [-0.15, -0.1) is 0 Å². The fraction of sp³-hybridized carbons (Fsp3) is 0.421. The fourth-order valence-corrected chi connectivity index (χ4v) is 3.22. The average Bonchev–Trinajstić information content (AvgIpc) is 2.94. The van der Waals surface area contributed by atoms with Gasteiger partial charge in [-0.2, -0.15) is 0 Å². The summed E-state index contributed by atoms with van der Waals surface area (Å²) in [4.78, 5) is 6.34. The lowest BCUT2D eigenvalue weighted by Crippen LogP contribution is -2.29. The van der Waals surface area contributed by atoms with Crippen molar-refractivity contribution in [2.75, 3.05) is 19.6 Å². The van der Waals surface area contributed by atoms with Gasteiger partial charge in [-0.05, 0) is 38.0 Å². The third-order valence-corrected chi connectivity index (χ3v) is 4.23. The summed E-state index contributed by atoms with van der Waals surface area (Å²) in [5, 5.41) is 10.5. The number of aromatic nitrogens is 1. The minimum Gasteiger partial charge on any atom is -0.487 e. The Kier molecular flexibility index (Phi) is 4.94. The predicted molar refractivity (Wildman–Crippen MR) is 90.6 cm³/mol. The molecule has 2 aromatic rings. The van der Waals surface area contributed by atoms with Crippen LogP contribution in [-0.4, -0.2) is 40.7 Å². The molecule has 4 heteroatoms. The molecule has 3 rings (SSSR count). The molecule has 1 aromatic heterocycles. The number of pyridine rings is 1. The number of benzene rings is 1. The Labute approximate surface area is 137 Å². The summed E-state index contributed by atoms with van der Waals surface area (Å²) in [7, 11) is 0. The Morgan fingerprint density at radius 3 is 2.78 bits per heavy atom. The van der Waals surface area contributed by atoms with Gasteiger partial charge in [0.25, 0.3) is 0 Å². The first-order valence-electron chi connectivity index (χ1n) is 8.15. The molecule has 0 saturated carbocycles. The van der Waals surface area contributed by atoms with E-state index in [9.17, 15) is 5.11 Å². The average molecular weight is 312 g/mol. The maximum atomic E-state index is 10.5. The Bertz CT molecular complexity index is 625. The molecule has 2 unspecified atom stereocenters. The number of rotatable bonds is 5. The molecule has 0 radical (unpaired) electrons. The Morgan fingerprint density at radius 2 is 2.09 bits per heavy atom. The highest BCUT2D eigenvalue weighted by Gasteiger charge is 2.26. The zero-order valence-electron chi connectivity index (χ0n) is 13.8. The molecular formula is C19H24N2O2. The van der Waals surface area contributed by atoms with Crippen LogP contribution in [0, 0.1) is 13.8 Å². The molecule has 1 aliphatic heterocycles. The Balaban J connectivity index is 1.55. The molecule has 0 amide bonds. The van der Waals surface area contributed by atoms with Crippen LogP contribution >= 0.6 is 0 Å². The van der Waals surface area contributed by atoms with Gasteiger partial charge in [0.15, 0.2) is 0 Å². The molecule has 2 heterocycles. The van der Waals surface area contributed by atoms with E-state index in [4.69, 9.17) is 4.74 Å². The fourth-order valence-electron chi connectivity index (χ4n) is 3.22. The van der Waals surface area contributed by atoms with E-state index in [2.05, 4.69) is 41.9 Å². The molecule has 122 valence electrons. The van der Waals surface area contributed by atoms with Gasteiger partial charge in [-0.25, -0.2) is 0 Å². The van der Waals surface area contributed by atoms with Crippen molar-refractivity contribution in [2.24, 2.45) is 0 Å². The van der Waals surface area contributed by atoms with Gasteiger partial charge >= 0.3 is 0 Å². The van der Waals surface area contributed by atoms with Crippen molar-refractivity contribution in [1.82, 2.24) is 9.88 Å². The largest absolute Gasteiger partial charge is 0.487 e. The third-order valence-electron chi connectivity index (χ3n) is 4.23. The normalized spacial score (nSPS) is 19.7. The molecule has 0 aliphatic carbocycles. The lowest BCUT2D eigenvalue weighted by atomic mass is 10.0. The van der Waals surface area contributed by atoms with Gasteiger partial charge in [0.2, 0.25) is 0 Å². The summed E-state index contributed by atoms with van der Waals surface area (Å²) >= 11 is 0.